The van der Waals surface area contributed by atoms with E-state index in [1.165, 1.54) is 0 Å². The van der Waals surface area contributed by atoms with Gasteiger partial charge >= 0.3 is 0 Å². The summed E-state index contributed by atoms with van der Waals surface area (Å²) in [4.78, 5) is 4.27. The van der Waals surface area contributed by atoms with Crippen LogP contribution in [0.2, 0.25) is 0 Å². The fourth-order valence-corrected chi connectivity index (χ4v) is 1.54. The van der Waals surface area contributed by atoms with Crippen LogP contribution in [-0.4, -0.2) is 34.8 Å². The molecule has 0 amide bonds. The van der Waals surface area contributed by atoms with Crippen molar-refractivity contribution in [1.82, 2.24) is 9.55 Å². The molecule has 0 aliphatic rings. The van der Waals surface area contributed by atoms with Gasteiger partial charge < -0.3 is 14.4 Å². The number of benzene rings is 1. The average Bonchev–Trinajstić information content (AvgIpc) is 2.57. The molecule has 2 rings (SSSR count). The third kappa shape index (κ3) is 2.34. The maximum Gasteiger partial charge on any atom is 0.0962 e. The number of nitrogens with zero attached hydrogens (tertiary/aromatic N) is 3. The van der Waals surface area contributed by atoms with Gasteiger partial charge in [-0.2, -0.15) is 0 Å². The molecule has 4 heteroatoms. The zero-order valence-corrected chi connectivity index (χ0v) is 9.05. The lowest BCUT2D eigenvalue weighted by molar-refractivity contribution is -0.840. The molecule has 80 valence electrons. The lowest BCUT2D eigenvalue weighted by Crippen LogP contribution is -2.35. The number of hydrogen-bond acceptors (Lipinski definition) is 2. The lowest BCUT2D eigenvalue weighted by atomic mass is 10.3. The maximum atomic E-state index is 11.4. The summed E-state index contributed by atoms with van der Waals surface area (Å²) in [5.74, 6) is 0. The van der Waals surface area contributed by atoms with Crippen LogP contribution in [0.3, 0.4) is 0 Å². The first-order valence-corrected chi connectivity index (χ1v) is 5.00. The van der Waals surface area contributed by atoms with Gasteiger partial charge in [0.1, 0.15) is 0 Å². The topological polar surface area (TPSA) is 40.9 Å². The van der Waals surface area contributed by atoms with Crippen molar-refractivity contribution in [2.45, 2.75) is 6.54 Å². The summed E-state index contributed by atoms with van der Waals surface area (Å²) >= 11 is 0. The van der Waals surface area contributed by atoms with Crippen LogP contribution in [0.5, 0.6) is 0 Å². The van der Waals surface area contributed by atoms with E-state index in [2.05, 4.69) is 4.98 Å². The van der Waals surface area contributed by atoms with Gasteiger partial charge in [-0.15, -0.1) is 0 Å². The Hall–Kier alpha value is -1.39. The summed E-state index contributed by atoms with van der Waals surface area (Å²) in [6.07, 6.45) is 1.79. The van der Waals surface area contributed by atoms with Gasteiger partial charge in [0.05, 0.1) is 44.5 Å². The molecule has 4 nitrogen and oxygen atoms in total. The predicted molar refractivity (Wildman–Crippen MR) is 60.1 cm³/mol. The Morgan fingerprint density at radius 3 is 2.80 bits per heavy atom. The molecule has 0 spiro atoms. The van der Waals surface area contributed by atoms with Crippen molar-refractivity contribution in [3.8, 4) is 0 Å². The van der Waals surface area contributed by atoms with Gasteiger partial charge in [0.2, 0.25) is 0 Å². The molecule has 0 radical (unpaired) electrons. The van der Waals surface area contributed by atoms with Gasteiger partial charge in [-0.05, 0) is 12.1 Å². The third-order valence-corrected chi connectivity index (χ3v) is 2.41. The zero-order valence-electron chi connectivity index (χ0n) is 9.05. The Balaban J connectivity index is 2.22. The maximum absolute atomic E-state index is 11.4. The molecule has 0 aliphatic carbocycles. The second-order valence-electron chi connectivity index (χ2n) is 4.22. The van der Waals surface area contributed by atoms with Crippen LogP contribution >= 0.6 is 0 Å². The summed E-state index contributed by atoms with van der Waals surface area (Å²) in [6, 6.07) is 7.95. The lowest BCUT2D eigenvalue weighted by Gasteiger charge is -2.33. The Labute approximate surface area is 88.9 Å². The number of likely N-dealkylation sites (N-methyl/N-ethyl adjacent to an activating group) is 1. The average molecular weight is 205 g/mol. The molecule has 0 bridgehead atoms. The minimum atomic E-state index is -0.271. The molecule has 0 fully saturated rings. The molecule has 0 unspecified atom stereocenters. The molecular weight excluding hydrogens is 190 g/mol. The Morgan fingerprint density at radius 2 is 2.07 bits per heavy atom. The van der Waals surface area contributed by atoms with E-state index in [4.69, 9.17) is 0 Å². The zero-order chi connectivity index (χ0) is 10.9. The van der Waals surface area contributed by atoms with Crippen LogP contribution in [0.1, 0.15) is 0 Å². The number of fused-ring (bicyclic) bond motifs is 1. The van der Waals surface area contributed by atoms with Gasteiger partial charge in [-0.3, -0.25) is 0 Å². The largest absolute Gasteiger partial charge is 0.633 e. The molecule has 0 saturated heterocycles. The predicted octanol–water partition coefficient (Wildman–Crippen LogP) is 1.61. The van der Waals surface area contributed by atoms with Gasteiger partial charge in [-0.1, -0.05) is 12.1 Å². The molecular formula is C11H15N3O. The molecule has 0 atom stereocenters. The first-order valence-electron chi connectivity index (χ1n) is 5.00. The van der Waals surface area contributed by atoms with Crippen molar-refractivity contribution in [2.75, 3.05) is 20.6 Å². The van der Waals surface area contributed by atoms with E-state index in [0.29, 0.717) is 13.1 Å². The number of quaternary nitrogens is 1. The monoisotopic (exact) mass is 205 g/mol. The van der Waals surface area contributed by atoms with Gasteiger partial charge in [0.25, 0.3) is 0 Å². The van der Waals surface area contributed by atoms with Crippen LogP contribution in [0.4, 0.5) is 0 Å². The summed E-state index contributed by atoms with van der Waals surface area (Å²) in [5, 5.41) is 11.4. The third-order valence-electron chi connectivity index (χ3n) is 2.41. The fraction of sp³-hybridized carbons (Fsp3) is 0.364. The van der Waals surface area contributed by atoms with E-state index < -0.39 is 0 Å². The summed E-state index contributed by atoms with van der Waals surface area (Å²) in [7, 11) is 3.30. The Morgan fingerprint density at radius 1 is 1.33 bits per heavy atom. The highest BCUT2D eigenvalue weighted by Crippen LogP contribution is 2.11. The first kappa shape index (κ1) is 10.1. The summed E-state index contributed by atoms with van der Waals surface area (Å²) < 4.78 is 1.75. The van der Waals surface area contributed by atoms with Crippen molar-refractivity contribution in [2.24, 2.45) is 0 Å². The standard InChI is InChI=1S/C11H15N3O/c1-14(2,15)8-7-13-9-12-10-5-3-4-6-11(10)13/h3-6,9H,7-8H2,1-2H3. The molecule has 1 aromatic heterocycles. The Bertz CT molecular complexity index is 456. The molecule has 15 heavy (non-hydrogen) atoms. The van der Waals surface area contributed by atoms with Crippen LogP contribution in [0.25, 0.3) is 11.0 Å². The second-order valence-corrected chi connectivity index (χ2v) is 4.22. The highest BCUT2D eigenvalue weighted by atomic mass is 16.5. The van der Waals surface area contributed by atoms with E-state index in [0.717, 1.165) is 11.0 Å². The van der Waals surface area contributed by atoms with Crippen molar-refractivity contribution in [3.63, 3.8) is 0 Å². The number of rotatable bonds is 3. The number of imidazole rings is 1. The van der Waals surface area contributed by atoms with E-state index in [1.54, 1.807) is 20.4 Å². The number of hydrogen-bond donors (Lipinski definition) is 0. The van der Waals surface area contributed by atoms with Crippen molar-refractivity contribution < 1.29 is 4.65 Å². The molecule has 2 aromatic rings. The van der Waals surface area contributed by atoms with E-state index >= 15 is 0 Å². The normalized spacial score (nSPS) is 12.2. The van der Waals surface area contributed by atoms with Crippen molar-refractivity contribution >= 4 is 11.0 Å². The van der Waals surface area contributed by atoms with Gasteiger partial charge in [0.15, 0.2) is 0 Å². The minimum Gasteiger partial charge on any atom is -0.633 e. The van der Waals surface area contributed by atoms with Gasteiger partial charge in [-0.25, -0.2) is 4.98 Å². The van der Waals surface area contributed by atoms with Crippen LogP contribution in [0, 0.1) is 5.21 Å². The van der Waals surface area contributed by atoms with Gasteiger partial charge in [0, 0.05) is 0 Å². The van der Waals surface area contributed by atoms with Crippen molar-refractivity contribution in [1.29, 1.82) is 0 Å². The highest BCUT2D eigenvalue weighted by molar-refractivity contribution is 5.74. The second kappa shape index (κ2) is 3.64. The number of hydroxylamine groups is 3. The molecule has 1 heterocycles. The highest BCUT2D eigenvalue weighted by Gasteiger charge is 2.05. The number of para-hydroxylation sites is 2. The molecule has 0 saturated carbocycles. The Kier molecular flexibility index (Phi) is 2.46. The smallest absolute Gasteiger partial charge is 0.0962 e. The van der Waals surface area contributed by atoms with E-state index in [-0.39, 0.29) is 4.65 Å². The SMILES string of the molecule is C[N+](C)([O-])CCn1cnc2ccccc21. The van der Waals surface area contributed by atoms with Crippen LogP contribution in [-0.2, 0) is 6.54 Å². The summed E-state index contributed by atoms with van der Waals surface area (Å²) in [5.41, 5.74) is 2.07. The first-order chi connectivity index (χ1) is 7.06. The van der Waals surface area contributed by atoms with E-state index in [9.17, 15) is 5.21 Å². The number of aromatic nitrogens is 2. The van der Waals surface area contributed by atoms with Crippen molar-refractivity contribution in [3.05, 3.63) is 35.8 Å². The molecule has 0 N–H and O–H groups in total. The van der Waals surface area contributed by atoms with Crippen LogP contribution in [0.15, 0.2) is 30.6 Å². The fourth-order valence-electron chi connectivity index (χ4n) is 1.54. The minimum absolute atomic E-state index is 0.271. The van der Waals surface area contributed by atoms with E-state index in [1.807, 2.05) is 28.8 Å². The molecule has 0 aliphatic heterocycles. The quantitative estimate of drug-likeness (QED) is 0.564. The molecule has 1 aromatic carbocycles. The van der Waals surface area contributed by atoms with Crippen LogP contribution < -0.4 is 0 Å². The summed E-state index contributed by atoms with van der Waals surface area (Å²) in [6.45, 7) is 1.26.